The minimum absolute atomic E-state index is 0.0283. The SMILES string of the molecule is O=C(OC(=O)N(c1ccccc1)c1ccccc1)c1ccco1. The summed E-state index contributed by atoms with van der Waals surface area (Å²) in [5.74, 6) is -0.865. The Kier molecular flexibility index (Phi) is 4.20. The number of carbonyl (C=O) groups excluding carboxylic acids is 2. The number of para-hydroxylation sites is 2. The van der Waals surface area contributed by atoms with Crippen molar-refractivity contribution in [2.24, 2.45) is 0 Å². The Hall–Kier alpha value is -3.34. The number of ether oxygens (including phenoxy) is 1. The molecular formula is C18H13NO4. The van der Waals surface area contributed by atoms with E-state index in [1.807, 2.05) is 12.1 Å². The van der Waals surface area contributed by atoms with Gasteiger partial charge in [0.15, 0.2) is 0 Å². The van der Waals surface area contributed by atoms with E-state index in [4.69, 9.17) is 9.15 Å². The van der Waals surface area contributed by atoms with Gasteiger partial charge in [0, 0.05) is 0 Å². The molecule has 0 fully saturated rings. The summed E-state index contributed by atoms with van der Waals surface area (Å²) < 4.78 is 9.86. The molecule has 1 aromatic heterocycles. The molecule has 5 heteroatoms. The number of nitrogens with zero attached hydrogens (tertiary/aromatic N) is 1. The van der Waals surface area contributed by atoms with Gasteiger partial charge in [0.05, 0.1) is 17.6 Å². The van der Waals surface area contributed by atoms with Crippen LogP contribution in [0.3, 0.4) is 0 Å². The highest BCUT2D eigenvalue weighted by molar-refractivity contribution is 6.03. The van der Waals surface area contributed by atoms with Crippen LogP contribution in [0.2, 0.25) is 0 Å². The van der Waals surface area contributed by atoms with Crippen molar-refractivity contribution in [3.8, 4) is 0 Å². The average Bonchev–Trinajstić information content (AvgIpc) is 3.12. The molecule has 0 spiro atoms. The highest BCUT2D eigenvalue weighted by Crippen LogP contribution is 2.26. The number of carbonyl (C=O) groups is 2. The second kappa shape index (κ2) is 6.62. The molecule has 114 valence electrons. The van der Waals surface area contributed by atoms with Crippen molar-refractivity contribution in [1.82, 2.24) is 0 Å². The van der Waals surface area contributed by atoms with Crippen molar-refractivity contribution >= 4 is 23.4 Å². The number of amides is 1. The van der Waals surface area contributed by atoms with Gasteiger partial charge in [-0.15, -0.1) is 0 Å². The zero-order valence-electron chi connectivity index (χ0n) is 12.1. The Morgan fingerprint density at radius 3 is 1.83 bits per heavy atom. The van der Waals surface area contributed by atoms with E-state index in [0.29, 0.717) is 11.4 Å². The molecule has 0 aliphatic rings. The van der Waals surface area contributed by atoms with Gasteiger partial charge in [-0.1, -0.05) is 36.4 Å². The molecule has 2 aromatic carbocycles. The van der Waals surface area contributed by atoms with Crippen LogP contribution in [0.15, 0.2) is 83.5 Å². The van der Waals surface area contributed by atoms with Crippen LogP contribution < -0.4 is 4.90 Å². The van der Waals surface area contributed by atoms with E-state index >= 15 is 0 Å². The summed E-state index contributed by atoms with van der Waals surface area (Å²) >= 11 is 0. The summed E-state index contributed by atoms with van der Waals surface area (Å²) in [5.41, 5.74) is 1.19. The van der Waals surface area contributed by atoms with Crippen molar-refractivity contribution in [1.29, 1.82) is 0 Å². The summed E-state index contributed by atoms with van der Waals surface area (Å²) in [5, 5.41) is 0. The van der Waals surface area contributed by atoms with E-state index in [0.717, 1.165) is 0 Å². The molecule has 3 rings (SSSR count). The van der Waals surface area contributed by atoms with Gasteiger partial charge < -0.3 is 9.15 Å². The van der Waals surface area contributed by atoms with Crippen LogP contribution in [0.25, 0.3) is 0 Å². The van der Waals surface area contributed by atoms with E-state index in [1.54, 1.807) is 54.6 Å². The fraction of sp³-hybridized carbons (Fsp3) is 0. The zero-order chi connectivity index (χ0) is 16.1. The van der Waals surface area contributed by atoms with Crippen molar-refractivity contribution in [2.75, 3.05) is 4.90 Å². The first-order valence-electron chi connectivity index (χ1n) is 6.95. The maximum absolute atomic E-state index is 12.5. The minimum Gasteiger partial charge on any atom is -0.457 e. The molecule has 0 bridgehead atoms. The number of hydrogen-bond donors (Lipinski definition) is 0. The van der Waals surface area contributed by atoms with Crippen LogP contribution in [-0.2, 0) is 4.74 Å². The second-order valence-electron chi connectivity index (χ2n) is 4.64. The van der Waals surface area contributed by atoms with Crippen LogP contribution in [0.1, 0.15) is 10.6 Å². The molecule has 0 saturated carbocycles. The molecule has 0 aliphatic heterocycles. The maximum Gasteiger partial charge on any atom is 0.427 e. The van der Waals surface area contributed by atoms with Crippen molar-refractivity contribution in [2.45, 2.75) is 0 Å². The molecule has 1 amide bonds. The fourth-order valence-electron chi connectivity index (χ4n) is 2.08. The summed E-state index contributed by atoms with van der Waals surface area (Å²) in [6.07, 6.45) is 0.538. The number of benzene rings is 2. The normalized spacial score (nSPS) is 10.1. The molecule has 23 heavy (non-hydrogen) atoms. The minimum atomic E-state index is -0.836. The third-order valence-corrected chi connectivity index (χ3v) is 3.11. The third-order valence-electron chi connectivity index (χ3n) is 3.11. The van der Waals surface area contributed by atoms with Crippen LogP contribution in [-0.4, -0.2) is 12.1 Å². The second-order valence-corrected chi connectivity index (χ2v) is 4.64. The molecule has 0 N–H and O–H groups in total. The zero-order valence-corrected chi connectivity index (χ0v) is 12.1. The third kappa shape index (κ3) is 3.29. The van der Waals surface area contributed by atoms with Gasteiger partial charge in [0.2, 0.25) is 5.76 Å². The standard InChI is InChI=1S/C18H13NO4/c20-17(16-12-7-13-22-16)23-18(21)19(14-8-3-1-4-9-14)15-10-5-2-6-11-15/h1-13H. The molecule has 5 nitrogen and oxygen atoms in total. The smallest absolute Gasteiger partial charge is 0.427 e. The van der Waals surface area contributed by atoms with E-state index in [1.165, 1.54) is 17.2 Å². The lowest BCUT2D eigenvalue weighted by atomic mass is 10.2. The lowest BCUT2D eigenvalue weighted by molar-refractivity contribution is 0.0604. The topological polar surface area (TPSA) is 59.8 Å². The van der Waals surface area contributed by atoms with Gasteiger partial charge in [-0.2, -0.15) is 0 Å². The van der Waals surface area contributed by atoms with Gasteiger partial charge in [0.25, 0.3) is 0 Å². The average molecular weight is 307 g/mol. The molecule has 0 atom stereocenters. The summed E-state index contributed by atoms with van der Waals surface area (Å²) in [6, 6.07) is 20.9. The molecule has 0 unspecified atom stereocenters. The number of esters is 1. The van der Waals surface area contributed by atoms with Crippen LogP contribution >= 0.6 is 0 Å². The van der Waals surface area contributed by atoms with E-state index in [9.17, 15) is 9.59 Å². The molecule has 0 saturated heterocycles. The van der Waals surface area contributed by atoms with Gasteiger partial charge >= 0.3 is 12.1 Å². The van der Waals surface area contributed by atoms with E-state index in [-0.39, 0.29) is 5.76 Å². The van der Waals surface area contributed by atoms with Crippen molar-refractivity contribution in [3.05, 3.63) is 84.8 Å². The predicted octanol–water partition coefficient (Wildman–Crippen LogP) is 4.39. The first kappa shape index (κ1) is 14.6. The monoisotopic (exact) mass is 307 g/mol. The van der Waals surface area contributed by atoms with Gasteiger partial charge in [-0.3, -0.25) is 0 Å². The Morgan fingerprint density at radius 2 is 1.35 bits per heavy atom. The van der Waals surface area contributed by atoms with E-state index < -0.39 is 12.1 Å². The van der Waals surface area contributed by atoms with Crippen molar-refractivity contribution < 1.29 is 18.7 Å². The lowest BCUT2D eigenvalue weighted by Gasteiger charge is -2.21. The Morgan fingerprint density at radius 1 is 0.783 bits per heavy atom. The largest absolute Gasteiger partial charge is 0.457 e. The van der Waals surface area contributed by atoms with Gasteiger partial charge in [-0.25, -0.2) is 14.5 Å². The fourth-order valence-corrected chi connectivity index (χ4v) is 2.08. The highest BCUT2D eigenvalue weighted by Gasteiger charge is 2.24. The number of rotatable bonds is 3. The maximum atomic E-state index is 12.5. The first-order valence-corrected chi connectivity index (χ1v) is 6.95. The number of furan rings is 1. The molecule has 0 radical (unpaired) electrons. The molecule has 1 heterocycles. The van der Waals surface area contributed by atoms with Gasteiger partial charge in [0.1, 0.15) is 0 Å². The number of anilines is 2. The highest BCUT2D eigenvalue weighted by atomic mass is 16.6. The van der Waals surface area contributed by atoms with E-state index in [2.05, 4.69) is 0 Å². The van der Waals surface area contributed by atoms with Crippen LogP contribution in [0, 0.1) is 0 Å². The Labute approximate surface area is 132 Å². The van der Waals surface area contributed by atoms with Crippen LogP contribution in [0.4, 0.5) is 16.2 Å². The predicted molar refractivity (Wildman–Crippen MR) is 84.5 cm³/mol. The first-order chi connectivity index (χ1) is 11.3. The quantitative estimate of drug-likeness (QED) is 0.531. The van der Waals surface area contributed by atoms with Gasteiger partial charge in [-0.05, 0) is 36.4 Å². The molecular weight excluding hydrogens is 294 g/mol. The lowest BCUT2D eigenvalue weighted by Crippen LogP contribution is -2.28. The Balaban J connectivity index is 1.89. The summed E-state index contributed by atoms with van der Waals surface area (Å²) in [7, 11) is 0. The Bertz CT molecular complexity index is 743. The summed E-state index contributed by atoms with van der Waals surface area (Å²) in [6.45, 7) is 0. The molecule has 0 aliphatic carbocycles. The number of hydrogen-bond acceptors (Lipinski definition) is 4. The molecule has 3 aromatic rings. The van der Waals surface area contributed by atoms with Crippen molar-refractivity contribution in [3.63, 3.8) is 0 Å². The van der Waals surface area contributed by atoms with Crippen LogP contribution in [0.5, 0.6) is 0 Å². The summed E-state index contributed by atoms with van der Waals surface area (Å²) in [4.78, 5) is 25.7.